The minimum atomic E-state index is -0.526. The Balaban J connectivity index is 1.11. The number of hydrogen-bond acceptors (Lipinski definition) is 2. The van der Waals surface area contributed by atoms with Crippen LogP contribution in [-0.4, -0.2) is 4.98 Å². The van der Waals surface area contributed by atoms with Crippen molar-refractivity contribution in [2.24, 2.45) is 0 Å². The van der Waals surface area contributed by atoms with E-state index in [1.165, 1.54) is 94.8 Å². The summed E-state index contributed by atoms with van der Waals surface area (Å²) >= 11 is 3.63. The molecule has 59 heavy (non-hydrogen) atoms. The zero-order chi connectivity index (χ0) is 39.1. The van der Waals surface area contributed by atoms with E-state index in [0.717, 1.165) is 16.7 Å². The van der Waals surface area contributed by atoms with Crippen molar-refractivity contribution in [1.29, 1.82) is 0 Å². The molecule has 0 amide bonds. The molecule has 9 aromatic rings. The van der Waals surface area contributed by atoms with E-state index in [2.05, 4.69) is 227 Å². The van der Waals surface area contributed by atoms with Gasteiger partial charge < -0.3 is 4.90 Å². The second kappa shape index (κ2) is 13.4. The summed E-state index contributed by atoms with van der Waals surface area (Å²) < 4.78 is 0.839. The number of anilines is 3. The third kappa shape index (κ3) is 5.08. The van der Waals surface area contributed by atoms with Crippen LogP contribution in [0.25, 0.3) is 33.4 Å². The van der Waals surface area contributed by atoms with E-state index in [1.807, 2.05) is 0 Å². The number of hydrogen-bond donors (Lipinski definition) is 0. The minimum Gasteiger partial charge on any atom is -0.310 e. The highest BCUT2D eigenvalue weighted by atomic mass is 79.9. The first-order valence-corrected chi connectivity index (χ1v) is 21.2. The Morgan fingerprint density at radius 1 is 0.475 bits per heavy atom. The zero-order valence-corrected chi connectivity index (χ0v) is 33.8. The first-order chi connectivity index (χ1) is 29.2. The number of halogens is 1. The van der Waals surface area contributed by atoms with Crippen LogP contribution in [0.15, 0.2) is 211 Å². The summed E-state index contributed by atoms with van der Waals surface area (Å²) in [4.78, 5) is 7.24. The summed E-state index contributed by atoms with van der Waals surface area (Å²) in [5, 5.41) is 0. The SMILES string of the molecule is Brc1ccc(C2c3cc(-c4ccccc4)ccc3Cc3cccc(-c4ccc5c(c4)C4(c6ccccc6-5)c5ccccc5N(c5ccccc5)c5ccccc54)c32)cn1. The van der Waals surface area contributed by atoms with Crippen LogP contribution in [0, 0.1) is 0 Å². The lowest BCUT2D eigenvalue weighted by Gasteiger charge is -2.45. The lowest BCUT2D eigenvalue weighted by Crippen LogP contribution is -2.36. The van der Waals surface area contributed by atoms with Gasteiger partial charge in [0.05, 0.1) is 16.8 Å². The van der Waals surface area contributed by atoms with Gasteiger partial charge in [0.25, 0.3) is 0 Å². The van der Waals surface area contributed by atoms with Gasteiger partial charge in [0.2, 0.25) is 0 Å². The van der Waals surface area contributed by atoms with E-state index >= 15 is 0 Å². The average molecular weight is 818 g/mol. The number of fused-ring (bicyclic) bond motifs is 11. The molecule has 0 N–H and O–H groups in total. The van der Waals surface area contributed by atoms with E-state index in [-0.39, 0.29) is 5.92 Å². The second-order valence-electron chi connectivity index (χ2n) is 15.9. The Labute approximate surface area is 353 Å². The lowest BCUT2D eigenvalue weighted by atomic mass is 9.64. The Hall–Kier alpha value is -6.81. The molecule has 2 aliphatic carbocycles. The average Bonchev–Trinajstić information content (AvgIpc) is 3.59. The normalized spacial score (nSPS) is 15.1. The highest BCUT2D eigenvalue weighted by molar-refractivity contribution is 9.10. The molecule has 3 aliphatic rings. The molecular weight excluding hydrogens is 781 g/mol. The summed E-state index contributed by atoms with van der Waals surface area (Å²) in [7, 11) is 0. The van der Waals surface area contributed by atoms with Gasteiger partial charge in [-0.2, -0.15) is 0 Å². The maximum absolute atomic E-state index is 4.79. The van der Waals surface area contributed by atoms with Gasteiger partial charge in [-0.05, 0) is 148 Å². The maximum atomic E-state index is 4.79. The van der Waals surface area contributed by atoms with Crippen LogP contribution in [0.4, 0.5) is 17.1 Å². The van der Waals surface area contributed by atoms with Crippen molar-refractivity contribution < 1.29 is 0 Å². The molecular formula is C56H37BrN2. The minimum absolute atomic E-state index is 0.00388. The Kier molecular flexibility index (Phi) is 7.76. The topological polar surface area (TPSA) is 16.1 Å². The number of pyridine rings is 1. The van der Waals surface area contributed by atoms with Gasteiger partial charge in [0, 0.05) is 17.8 Å². The molecule has 8 aromatic carbocycles. The van der Waals surface area contributed by atoms with Gasteiger partial charge in [0.1, 0.15) is 4.60 Å². The van der Waals surface area contributed by atoms with Gasteiger partial charge in [-0.1, -0.05) is 158 Å². The zero-order valence-electron chi connectivity index (χ0n) is 32.2. The number of benzene rings is 8. The molecule has 0 saturated heterocycles. The molecule has 0 bridgehead atoms. The third-order valence-corrected chi connectivity index (χ3v) is 13.5. The molecule has 0 fully saturated rings. The van der Waals surface area contributed by atoms with Crippen LogP contribution in [-0.2, 0) is 11.8 Å². The maximum Gasteiger partial charge on any atom is 0.106 e. The second-order valence-corrected chi connectivity index (χ2v) is 16.8. The van der Waals surface area contributed by atoms with Crippen LogP contribution in [0.3, 0.4) is 0 Å². The molecule has 2 nitrogen and oxygen atoms in total. The summed E-state index contributed by atoms with van der Waals surface area (Å²) in [5.74, 6) is 0.00388. The van der Waals surface area contributed by atoms with Crippen molar-refractivity contribution in [2.75, 3.05) is 4.90 Å². The lowest BCUT2D eigenvalue weighted by molar-refractivity contribution is 0.753. The smallest absolute Gasteiger partial charge is 0.106 e. The summed E-state index contributed by atoms with van der Waals surface area (Å²) in [6, 6.07) is 74.4. The van der Waals surface area contributed by atoms with Crippen molar-refractivity contribution in [3.8, 4) is 33.4 Å². The molecule has 278 valence electrons. The highest BCUT2D eigenvalue weighted by Gasteiger charge is 2.51. The monoisotopic (exact) mass is 816 g/mol. The van der Waals surface area contributed by atoms with Crippen molar-refractivity contribution in [3.05, 3.63) is 261 Å². The van der Waals surface area contributed by atoms with Crippen LogP contribution in [0.2, 0.25) is 0 Å². The van der Waals surface area contributed by atoms with E-state index in [4.69, 9.17) is 4.98 Å². The molecule has 0 saturated carbocycles. The van der Waals surface area contributed by atoms with Crippen molar-refractivity contribution in [2.45, 2.75) is 17.8 Å². The summed E-state index contributed by atoms with van der Waals surface area (Å²) in [5.41, 5.74) is 22.4. The van der Waals surface area contributed by atoms with Gasteiger partial charge in [-0.25, -0.2) is 4.98 Å². The van der Waals surface area contributed by atoms with Gasteiger partial charge >= 0.3 is 0 Å². The summed E-state index contributed by atoms with van der Waals surface area (Å²) in [6.07, 6.45) is 2.94. The fraction of sp³-hybridized carbons (Fsp3) is 0.0536. The molecule has 1 unspecified atom stereocenters. The standard InChI is InChI=1S/C56H37BrN2/c57-53-31-29-41(35-58-53)55-46-33-37(36-14-3-1-4-15-36)26-27-38(46)32-40-16-13-20-43(54(40)55)39-28-30-45-44-19-7-8-21-47(44)56(50(45)34-39)48-22-9-11-24-51(48)59(42-17-5-2-6-18-42)52-25-12-10-23-49(52)56/h1-31,33-35,55H,32H2. The molecule has 2 heterocycles. The third-order valence-electron chi connectivity index (χ3n) is 13.0. The molecule has 1 aliphatic heterocycles. The highest BCUT2D eigenvalue weighted by Crippen LogP contribution is 2.64. The van der Waals surface area contributed by atoms with E-state index in [9.17, 15) is 0 Å². The number of para-hydroxylation sites is 3. The van der Waals surface area contributed by atoms with Gasteiger partial charge in [-0.3, -0.25) is 0 Å². The quantitative estimate of drug-likeness (QED) is 0.165. The van der Waals surface area contributed by atoms with Crippen LogP contribution in [0.1, 0.15) is 56.0 Å². The molecule has 3 heteroatoms. The molecule has 0 radical (unpaired) electrons. The number of aromatic nitrogens is 1. The predicted molar refractivity (Wildman–Crippen MR) is 245 cm³/mol. The predicted octanol–water partition coefficient (Wildman–Crippen LogP) is 14.4. The molecule has 1 spiro atoms. The molecule has 1 atom stereocenters. The van der Waals surface area contributed by atoms with Crippen LogP contribution >= 0.6 is 15.9 Å². The van der Waals surface area contributed by atoms with Gasteiger partial charge in [0.15, 0.2) is 0 Å². The molecule has 12 rings (SSSR count). The first kappa shape index (κ1) is 34.3. The Bertz CT molecular complexity index is 3050. The number of rotatable bonds is 4. The van der Waals surface area contributed by atoms with E-state index in [1.54, 1.807) is 0 Å². The first-order valence-electron chi connectivity index (χ1n) is 20.4. The van der Waals surface area contributed by atoms with Crippen LogP contribution < -0.4 is 4.90 Å². The van der Waals surface area contributed by atoms with E-state index < -0.39 is 5.41 Å². The molecule has 1 aromatic heterocycles. The Morgan fingerprint density at radius 3 is 1.86 bits per heavy atom. The van der Waals surface area contributed by atoms with Gasteiger partial charge in [-0.15, -0.1) is 0 Å². The van der Waals surface area contributed by atoms with Crippen molar-refractivity contribution in [3.63, 3.8) is 0 Å². The fourth-order valence-corrected chi connectivity index (χ4v) is 10.8. The number of nitrogens with zero attached hydrogens (tertiary/aromatic N) is 2. The largest absolute Gasteiger partial charge is 0.310 e. The van der Waals surface area contributed by atoms with Crippen molar-refractivity contribution >= 4 is 33.0 Å². The van der Waals surface area contributed by atoms with E-state index in [0.29, 0.717) is 0 Å². The van der Waals surface area contributed by atoms with Crippen molar-refractivity contribution in [1.82, 2.24) is 4.98 Å². The fourth-order valence-electron chi connectivity index (χ4n) is 10.6. The Morgan fingerprint density at radius 2 is 1.12 bits per heavy atom. The van der Waals surface area contributed by atoms with Crippen LogP contribution in [0.5, 0.6) is 0 Å². The summed E-state index contributed by atoms with van der Waals surface area (Å²) in [6.45, 7) is 0.